The molecular formula is C18H13. The third-order valence-electron chi connectivity index (χ3n) is 2.94. The maximum atomic E-state index is 3.41. The average molecular weight is 229 g/mol. The lowest BCUT2D eigenvalue weighted by Crippen LogP contribution is -1.76. The molecule has 0 spiro atoms. The first-order chi connectivity index (χ1) is 8.92. The number of fused-ring (bicyclic) bond motifs is 1. The highest BCUT2D eigenvalue weighted by atomic mass is 14.0. The van der Waals surface area contributed by atoms with Crippen molar-refractivity contribution in [3.8, 4) is 0 Å². The molecule has 0 saturated heterocycles. The second-order valence-electron chi connectivity index (χ2n) is 4.24. The Bertz CT molecular complexity index is 678. The van der Waals surface area contributed by atoms with Gasteiger partial charge in [-0.25, -0.2) is 0 Å². The van der Waals surface area contributed by atoms with E-state index in [0.717, 1.165) is 10.9 Å². The molecule has 3 aromatic carbocycles. The third kappa shape index (κ3) is 2.33. The second kappa shape index (κ2) is 4.89. The van der Waals surface area contributed by atoms with Gasteiger partial charge in [-0.3, -0.25) is 0 Å². The predicted molar refractivity (Wildman–Crippen MR) is 78.2 cm³/mol. The van der Waals surface area contributed by atoms with Crippen molar-refractivity contribution in [3.05, 3.63) is 83.9 Å². The first-order valence-electron chi connectivity index (χ1n) is 6.06. The summed E-state index contributed by atoms with van der Waals surface area (Å²) in [6.07, 6.45) is 4.21. The lowest BCUT2D eigenvalue weighted by atomic mass is 10.1. The molecule has 0 bridgehead atoms. The molecule has 0 saturated carbocycles. The normalized spacial score (nSPS) is 11.1. The quantitative estimate of drug-likeness (QED) is 0.553. The van der Waals surface area contributed by atoms with Crippen molar-refractivity contribution in [2.75, 3.05) is 0 Å². The first-order valence-corrected chi connectivity index (χ1v) is 6.06. The van der Waals surface area contributed by atoms with E-state index in [-0.39, 0.29) is 0 Å². The molecule has 0 N–H and O–H groups in total. The summed E-state index contributed by atoms with van der Waals surface area (Å²) in [5, 5.41) is 2.39. The molecule has 3 aromatic rings. The number of hydrogen-bond donors (Lipinski definition) is 0. The Hall–Kier alpha value is -2.34. The van der Waals surface area contributed by atoms with Crippen molar-refractivity contribution < 1.29 is 0 Å². The lowest BCUT2D eigenvalue weighted by Gasteiger charge is -1.98. The van der Waals surface area contributed by atoms with Gasteiger partial charge in [-0.1, -0.05) is 78.9 Å². The van der Waals surface area contributed by atoms with Crippen LogP contribution >= 0.6 is 0 Å². The first kappa shape index (κ1) is 10.8. The average Bonchev–Trinajstić information content (AvgIpc) is 2.46. The predicted octanol–water partition coefficient (Wildman–Crippen LogP) is 4.81. The summed E-state index contributed by atoms with van der Waals surface area (Å²) in [6, 6.07) is 26.2. The molecule has 0 aliphatic carbocycles. The fourth-order valence-corrected chi connectivity index (χ4v) is 1.98. The van der Waals surface area contributed by atoms with Gasteiger partial charge >= 0.3 is 0 Å². The van der Waals surface area contributed by atoms with E-state index in [0.29, 0.717) is 0 Å². The zero-order valence-electron chi connectivity index (χ0n) is 10.0. The molecule has 0 aliphatic heterocycles. The zero-order valence-corrected chi connectivity index (χ0v) is 10.0. The molecule has 0 heterocycles. The SMILES string of the molecule is [c]1c(C=Cc2ccccc2)ccc2ccccc12. The molecule has 0 fully saturated rings. The van der Waals surface area contributed by atoms with Crippen LogP contribution in [-0.2, 0) is 0 Å². The van der Waals surface area contributed by atoms with Gasteiger partial charge in [0.1, 0.15) is 0 Å². The lowest BCUT2D eigenvalue weighted by molar-refractivity contribution is 1.66. The number of rotatable bonds is 2. The van der Waals surface area contributed by atoms with Crippen molar-refractivity contribution in [1.82, 2.24) is 0 Å². The van der Waals surface area contributed by atoms with E-state index < -0.39 is 0 Å². The Balaban J connectivity index is 1.93. The summed E-state index contributed by atoms with van der Waals surface area (Å²) in [5.74, 6) is 0. The van der Waals surface area contributed by atoms with Crippen LogP contribution in [0.25, 0.3) is 22.9 Å². The van der Waals surface area contributed by atoms with E-state index in [1.165, 1.54) is 10.9 Å². The topological polar surface area (TPSA) is 0 Å². The van der Waals surface area contributed by atoms with E-state index >= 15 is 0 Å². The Labute approximate surface area is 107 Å². The standard InChI is InChI=1S/C18H13/c1-2-6-15(7-3-1)10-11-16-12-13-17-8-4-5-9-18(17)14-16/h1-13H. The molecule has 0 atom stereocenters. The number of hydrogen-bond acceptors (Lipinski definition) is 0. The van der Waals surface area contributed by atoms with Gasteiger partial charge in [0.05, 0.1) is 0 Å². The summed E-state index contributed by atoms with van der Waals surface area (Å²) in [5.41, 5.74) is 2.32. The maximum Gasteiger partial charge on any atom is -0.00206 e. The molecule has 0 amide bonds. The number of benzene rings is 3. The summed E-state index contributed by atoms with van der Waals surface area (Å²) >= 11 is 0. The third-order valence-corrected chi connectivity index (χ3v) is 2.94. The van der Waals surface area contributed by atoms with Crippen molar-refractivity contribution in [3.63, 3.8) is 0 Å². The second-order valence-corrected chi connectivity index (χ2v) is 4.24. The van der Waals surface area contributed by atoms with Gasteiger partial charge in [0, 0.05) is 0 Å². The van der Waals surface area contributed by atoms with Crippen LogP contribution in [0.3, 0.4) is 0 Å². The van der Waals surface area contributed by atoms with Gasteiger partial charge in [-0.15, -0.1) is 0 Å². The highest BCUT2D eigenvalue weighted by Gasteiger charge is 1.93. The van der Waals surface area contributed by atoms with Crippen LogP contribution in [0, 0.1) is 6.07 Å². The van der Waals surface area contributed by atoms with Gasteiger partial charge in [0.15, 0.2) is 0 Å². The molecule has 0 nitrogen and oxygen atoms in total. The van der Waals surface area contributed by atoms with Crippen LogP contribution in [0.5, 0.6) is 0 Å². The van der Waals surface area contributed by atoms with Crippen LogP contribution in [0.1, 0.15) is 11.1 Å². The van der Waals surface area contributed by atoms with Crippen molar-refractivity contribution in [2.45, 2.75) is 0 Å². The van der Waals surface area contributed by atoms with Crippen LogP contribution in [-0.4, -0.2) is 0 Å². The molecule has 0 aromatic heterocycles. The molecule has 0 unspecified atom stereocenters. The molecule has 18 heavy (non-hydrogen) atoms. The van der Waals surface area contributed by atoms with E-state index in [2.05, 4.69) is 60.7 Å². The van der Waals surface area contributed by atoms with Crippen LogP contribution < -0.4 is 0 Å². The van der Waals surface area contributed by atoms with Gasteiger partial charge in [-0.2, -0.15) is 0 Å². The maximum absolute atomic E-state index is 3.41. The Morgan fingerprint density at radius 3 is 2.33 bits per heavy atom. The molecule has 85 valence electrons. The minimum absolute atomic E-state index is 1.11. The van der Waals surface area contributed by atoms with Crippen molar-refractivity contribution in [1.29, 1.82) is 0 Å². The van der Waals surface area contributed by atoms with Crippen LogP contribution in [0.4, 0.5) is 0 Å². The van der Waals surface area contributed by atoms with Crippen LogP contribution in [0.2, 0.25) is 0 Å². The van der Waals surface area contributed by atoms with E-state index in [4.69, 9.17) is 0 Å². The van der Waals surface area contributed by atoms with E-state index in [9.17, 15) is 0 Å². The fourth-order valence-electron chi connectivity index (χ4n) is 1.98. The highest BCUT2D eigenvalue weighted by molar-refractivity contribution is 5.85. The van der Waals surface area contributed by atoms with E-state index in [1.807, 2.05) is 24.3 Å². The molecule has 1 radical (unpaired) electrons. The summed E-state index contributed by atoms with van der Waals surface area (Å²) in [7, 11) is 0. The summed E-state index contributed by atoms with van der Waals surface area (Å²) < 4.78 is 0. The molecule has 0 aliphatic rings. The summed E-state index contributed by atoms with van der Waals surface area (Å²) in [6.45, 7) is 0. The van der Waals surface area contributed by atoms with Crippen LogP contribution in [0.15, 0.2) is 66.7 Å². The minimum atomic E-state index is 1.11. The Morgan fingerprint density at radius 1 is 0.667 bits per heavy atom. The van der Waals surface area contributed by atoms with Gasteiger partial charge in [0.2, 0.25) is 0 Å². The molecule has 3 rings (SSSR count). The largest absolute Gasteiger partial charge is 0.0622 e. The molecule has 0 heteroatoms. The smallest absolute Gasteiger partial charge is 0.00206 e. The van der Waals surface area contributed by atoms with Gasteiger partial charge < -0.3 is 0 Å². The van der Waals surface area contributed by atoms with Crippen molar-refractivity contribution >= 4 is 22.9 Å². The minimum Gasteiger partial charge on any atom is -0.0622 e. The monoisotopic (exact) mass is 229 g/mol. The summed E-state index contributed by atoms with van der Waals surface area (Å²) in [4.78, 5) is 0. The highest BCUT2D eigenvalue weighted by Crippen LogP contribution is 2.16. The van der Waals surface area contributed by atoms with Crippen molar-refractivity contribution in [2.24, 2.45) is 0 Å². The zero-order chi connectivity index (χ0) is 12.2. The Morgan fingerprint density at radius 2 is 1.44 bits per heavy atom. The van der Waals surface area contributed by atoms with E-state index in [1.54, 1.807) is 0 Å². The fraction of sp³-hybridized carbons (Fsp3) is 0. The van der Waals surface area contributed by atoms with Gasteiger partial charge in [0.25, 0.3) is 0 Å². The molecular weight excluding hydrogens is 216 g/mol. The van der Waals surface area contributed by atoms with Gasteiger partial charge in [-0.05, 0) is 28.0 Å². The Kier molecular flexibility index (Phi) is 2.93.